The minimum atomic E-state index is -0.861. The minimum Gasteiger partial charge on any atom is -0.478 e. The summed E-state index contributed by atoms with van der Waals surface area (Å²) in [5.74, 6) is 0.431. The van der Waals surface area contributed by atoms with Gasteiger partial charge in [0.2, 0.25) is 0 Å². The van der Waals surface area contributed by atoms with Crippen molar-refractivity contribution in [3.05, 3.63) is 11.6 Å². The summed E-state index contributed by atoms with van der Waals surface area (Å²) in [6, 6.07) is 0. The fourth-order valence-corrected chi connectivity index (χ4v) is 4.91. The molecule has 3 aliphatic rings. The molecular weight excluding hydrogens is 228 g/mol. The van der Waals surface area contributed by atoms with Gasteiger partial charge in [-0.15, -0.1) is 0 Å². The molecule has 18 heavy (non-hydrogen) atoms. The molecule has 2 saturated carbocycles. The van der Waals surface area contributed by atoms with E-state index < -0.39 is 5.97 Å². The molecule has 2 aliphatic carbocycles. The second-order valence-electron chi connectivity index (χ2n) is 7.04. The smallest absolute Gasteiger partial charge is 0.328 e. The fourth-order valence-electron chi connectivity index (χ4n) is 4.91. The van der Waals surface area contributed by atoms with Crippen LogP contribution in [0.1, 0.15) is 40.0 Å². The van der Waals surface area contributed by atoms with E-state index in [0.717, 1.165) is 18.1 Å². The normalized spacial score (nSPS) is 45.3. The van der Waals surface area contributed by atoms with E-state index in [4.69, 9.17) is 9.84 Å². The average Bonchev–Trinajstić information content (AvgIpc) is 2.77. The largest absolute Gasteiger partial charge is 0.478 e. The summed E-state index contributed by atoms with van der Waals surface area (Å²) in [7, 11) is 0. The summed E-state index contributed by atoms with van der Waals surface area (Å²) in [5, 5.41) is 8.87. The molecule has 3 nitrogen and oxygen atoms in total. The molecular formula is C15H22O3. The average molecular weight is 250 g/mol. The highest BCUT2D eigenvalue weighted by atomic mass is 16.5. The lowest BCUT2D eigenvalue weighted by Crippen LogP contribution is -2.29. The van der Waals surface area contributed by atoms with Crippen LogP contribution in [0.2, 0.25) is 0 Å². The molecule has 0 aromatic rings. The lowest BCUT2D eigenvalue weighted by molar-refractivity contribution is -0.131. The van der Waals surface area contributed by atoms with Crippen molar-refractivity contribution in [2.24, 2.45) is 22.7 Å². The van der Waals surface area contributed by atoms with Crippen molar-refractivity contribution in [2.45, 2.75) is 46.1 Å². The fraction of sp³-hybridized carbons (Fsp3) is 0.800. The lowest BCUT2D eigenvalue weighted by Gasteiger charge is -2.35. The van der Waals surface area contributed by atoms with Crippen molar-refractivity contribution < 1.29 is 14.6 Å². The third-order valence-corrected chi connectivity index (χ3v) is 5.50. The van der Waals surface area contributed by atoms with Crippen LogP contribution in [-0.2, 0) is 9.53 Å². The zero-order chi connectivity index (χ0) is 13.1. The summed E-state index contributed by atoms with van der Waals surface area (Å²) in [5.41, 5.74) is 1.66. The van der Waals surface area contributed by atoms with Crippen LogP contribution in [-0.4, -0.2) is 23.8 Å². The van der Waals surface area contributed by atoms with Gasteiger partial charge in [0, 0.05) is 17.4 Å². The van der Waals surface area contributed by atoms with Gasteiger partial charge in [0.1, 0.15) is 0 Å². The van der Waals surface area contributed by atoms with Gasteiger partial charge in [-0.25, -0.2) is 4.79 Å². The van der Waals surface area contributed by atoms with Crippen LogP contribution in [0, 0.1) is 22.7 Å². The molecule has 4 atom stereocenters. The van der Waals surface area contributed by atoms with Gasteiger partial charge in [-0.05, 0) is 36.7 Å². The molecule has 1 saturated heterocycles. The van der Waals surface area contributed by atoms with Crippen LogP contribution in [0.3, 0.4) is 0 Å². The van der Waals surface area contributed by atoms with Gasteiger partial charge in [-0.3, -0.25) is 0 Å². The van der Waals surface area contributed by atoms with Crippen LogP contribution in [0.5, 0.6) is 0 Å². The Labute approximate surface area is 108 Å². The van der Waals surface area contributed by atoms with Gasteiger partial charge in [-0.2, -0.15) is 0 Å². The number of ether oxygens (including phenoxy) is 1. The third-order valence-electron chi connectivity index (χ3n) is 5.50. The summed E-state index contributed by atoms with van der Waals surface area (Å²) in [4.78, 5) is 10.8. The van der Waals surface area contributed by atoms with Gasteiger partial charge >= 0.3 is 5.97 Å². The number of carbonyl (C=O) groups is 1. The number of carboxylic acid groups (broad SMARTS) is 1. The Kier molecular flexibility index (Phi) is 2.44. The first-order valence-electron chi connectivity index (χ1n) is 6.91. The van der Waals surface area contributed by atoms with Gasteiger partial charge in [-0.1, -0.05) is 20.3 Å². The van der Waals surface area contributed by atoms with E-state index in [0.29, 0.717) is 16.7 Å². The molecule has 0 aromatic heterocycles. The Morgan fingerprint density at radius 3 is 2.72 bits per heavy atom. The molecule has 3 fully saturated rings. The van der Waals surface area contributed by atoms with E-state index in [9.17, 15) is 4.79 Å². The van der Waals surface area contributed by atoms with Crippen LogP contribution < -0.4 is 0 Å². The number of carboxylic acids is 1. The van der Waals surface area contributed by atoms with Crippen molar-refractivity contribution >= 4 is 5.97 Å². The van der Waals surface area contributed by atoms with Crippen molar-refractivity contribution in [2.75, 3.05) is 6.61 Å². The monoisotopic (exact) mass is 250 g/mol. The maximum absolute atomic E-state index is 10.8. The highest BCUT2D eigenvalue weighted by Crippen LogP contribution is 2.76. The minimum absolute atomic E-state index is 0.0449. The standard InChI is InChI=1S/C15H22O3/c1-9(7-10(16)17)12-11-13-14(2,3)5-4-6-15(11,13)8-18-12/h7,11-13H,4-6,8H2,1-3H3,(H,16,17)/t11-,12-,13+,15?/m0/s1. The maximum atomic E-state index is 10.8. The summed E-state index contributed by atoms with van der Waals surface area (Å²) < 4.78 is 5.90. The molecule has 100 valence electrons. The van der Waals surface area contributed by atoms with E-state index in [-0.39, 0.29) is 6.10 Å². The van der Waals surface area contributed by atoms with Gasteiger partial charge < -0.3 is 9.84 Å². The van der Waals surface area contributed by atoms with E-state index in [1.54, 1.807) is 0 Å². The van der Waals surface area contributed by atoms with Crippen molar-refractivity contribution in [3.63, 3.8) is 0 Å². The molecule has 3 rings (SSSR count). The number of hydrogen-bond acceptors (Lipinski definition) is 2. The van der Waals surface area contributed by atoms with E-state index in [1.165, 1.54) is 25.3 Å². The van der Waals surface area contributed by atoms with E-state index >= 15 is 0 Å². The van der Waals surface area contributed by atoms with Crippen molar-refractivity contribution in [1.82, 2.24) is 0 Å². The molecule has 0 aromatic carbocycles. The molecule has 0 amide bonds. The Morgan fingerprint density at radius 1 is 1.39 bits per heavy atom. The SMILES string of the molecule is CC(=CC(=O)O)[C@@H]1OCC23CCCC(C)(C)[C@H]2[C@H]13. The molecule has 1 aliphatic heterocycles. The van der Waals surface area contributed by atoms with Crippen LogP contribution in [0.15, 0.2) is 11.6 Å². The molecule has 1 heterocycles. The van der Waals surface area contributed by atoms with Crippen LogP contribution >= 0.6 is 0 Å². The predicted octanol–water partition coefficient (Wildman–Crippen LogP) is 2.86. The van der Waals surface area contributed by atoms with Crippen LogP contribution in [0.25, 0.3) is 0 Å². The lowest BCUT2D eigenvalue weighted by atomic mass is 9.72. The van der Waals surface area contributed by atoms with Gasteiger partial charge in [0.15, 0.2) is 0 Å². The maximum Gasteiger partial charge on any atom is 0.328 e. The number of fused-ring (bicyclic) bond motifs is 1. The highest BCUT2D eigenvalue weighted by Gasteiger charge is 2.75. The molecule has 1 spiro atoms. The molecule has 0 radical (unpaired) electrons. The quantitative estimate of drug-likeness (QED) is 0.766. The number of hydrogen-bond donors (Lipinski definition) is 1. The topological polar surface area (TPSA) is 46.5 Å². The van der Waals surface area contributed by atoms with E-state index in [2.05, 4.69) is 13.8 Å². The van der Waals surface area contributed by atoms with Crippen molar-refractivity contribution in [1.29, 1.82) is 0 Å². The summed E-state index contributed by atoms with van der Waals surface area (Å²) in [6.07, 6.45) is 5.22. The first-order valence-corrected chi connectivity index (χ1v) is 6.91. The van der Waals surface area contributed by atoms with Crippen molar-refractivity contribution in [3.8, 4) is 0 Å². The molecule has 1 unspecified atom stereocenters. The zero-order valence-corrected chi connectivity index (χ0v) is 11.4. The number of rotatable bonds is 2. The van der Waals surface area contributed by atoms with E-state index in [1.807, 2.05) is 6.92 Å². The Hall–Kier alpha value is -0.830. The third kappa shape index (κ3) is 1.49. The molecule has 3 heteroatoms. The first-order chi connectivity index (χ1) is 8.38. The molecule has 1 N–H and O–H groups in total. The Balaban J connectivity index is 1.85. The second-order valence-corrected chi connectivity index (χ2v) is 7.04. The number of aliphatic carboxylic acids is 1. The zero-order valence-electron chi connectivity index (χ0n) is 11.4. The molecule has 0 bridgehead atoms. The Bertz CT molecular complexity index is 423. The first kappa shape index (κ1) is 12.2. The predicted molar refractivity (Wildman–Crippen MR) is 68.2 cm³/mol. The second kappa shape index (κ2) is 3.60. The summed E-state index contributed by atoms with van der Waals surface area (Å²) in [6.45, 7) is 7.46. The van der Waals surface area contributed by atoms with Gasteiger partial charge in [0.25, 0.3) is 0 Å². The van der Waals surface area contributed by atoms with Crippen LogP contribution in [0.4, 0.5) is 0 Å². The van der Waals surface area contributed by atoms with Gasteiger partial charge in [0.05, 0.1) is 12.7 Å². The Morgan fingerprint density at radius 2 is 2.11 bits per heavy atom. The highest BCUT2D eigenvalue weighted by molar-refractivity contribution is 5.80. The summed E-state index contributed by atoms with van der Waals surface area (Å²) >= 11 is 0.